The summed E-state index contributed by atoms with van der Waals surface area (Å²) in [5.41, 5.74) is 1.28. The first-order chi connectivity index (χ1) is 22.3. The van der Waals surface area contributed by atoms with Crippen molar-refractivity contribution in [2.75, 3.05) is 13.7 Å². The predicted molar refractivity (Wildman–Crippen MR) is 175 cm³/mol. The third-order valence-electron chi connectivity index (χ3n) is 11.3. The highest BCUT2D eigenvalue weighted by Crippen LogP contribution is 2.59. The fraction of sp³-hybridized carbons (Fsp3) is 0.694. The summed E-state index contributed by atoms with van der Waals surface area (Å²) in [6.07, 6.45) is 6.71. The summed E-state index contributed by atoms with van der Waals surface area (Å²) in [5, 5.41) is 13.4. The van der Waals surface area contributed by atoms with E-state index in [0.29, 0.717) is 35.9 Å². The number of aliphatic carboxylic acids is 1. The second-order valence-corrected chi connectivity index (χ2v) is 15.5. The molecule has 1 aromatic heterocycles. The van der Waals surface area contributed by atoms with Gasteiger partial charge in [-0.05, 0) is 74.3 Å². The number of benzene rings is 1. The number of carbonyl (C=O) groups excluding carboxylic acids is 2. The maximum absolute atomic E-state index is 14.4. The summed E-state index contributed by atoms with van der Waals surface area (Å²) in [6.45, 7) is 9.77. The number of aromatic nitrogens is 2. The van der Waals surface area contributed by atoms with E-state index < -0.39 is 47.5 Å². The number of carbonyl (C=O) groups is 3. The molecule has 1 aromatic carbocycles. The molecule has 3 fully saturated rings. The second-order valence-electron chi connectivity index (χ2n) is 15.5. The third-order valence-corrected chi connectivity index (χ3v) is 11.3. The molecule has 4 aliphatic rings. The van der Waals surface area contributed by atoms with Crippen LogP contribution in [0.4, 0.5) is 4.79 Å². The van der Waals surface area contributed by atoms with Gasteiger partial charge in [0.15, 0.2) is 0 Å². The molecule has 2 aliphatic carbocycles. The van der Waals surface area contributed by atoms with E-state index in [1.165, 1.54) is 4.90 Å². The van der Waals surface area contributed by atoms with Crippen molar-refractivity contribution in [2.45, 2.75) is 117 Å². The molecule has 4 bridgehead atoms. The molecule has 2 amide bonds. The Hall–Kier alpha value is -3.63. The lowest BCUT2D eigenvalue weighted by Gasteiger charge is -2.38. The minimum atomic E-state index is -1.13. The van der Waals surface area contributed by atoms with E-state index in [4.69, 9.17) is 24.2 Å². The molecule has 8 atom stereocenters. The summed E-state index contributed by atoms with van der Waals surface area (Å²) in [6, 6.07) is 3.42. The zero-order chi connectivity index (χ0) is 33.7. The summed E-state index contributed by atoms with van der Waals surface area (Å²) in [4.78, 5) is 52.0. The fourth-order valence-corrected chi connectivity index (χ4v) is 8.87. The quantitative estimate of drug-likeness (QED) is 0.424. The van der Waals surface area contributed by atoms with Gasteiger partial charge >= 0.3 is 12.1 Å². The van der Waals surface area contributed by atoms with Crippen LogP contribution < -0.4 is 14.8 Å². The molecule has 11 nitrogen and oxygen atoms in total. The number of aryl methyl sites for hydroxylation is 1. The Morgan fingerprint density at radius 2 is 1.91 bits per heavy atom. The van der Waals surface area contributed by atoms with Crippen LogP contribution in [0, 0.1) is 28.6 Å². The lowest BCUT2D eigenvalue weighted by Crippen LogP contribution is -2.58. The standard InChI is InChI=1S/C36H50N4O7/c1-7-22-27-19-40(28(22)33(42)43)32(41)29(35(2,3)4)39-34(44)47-30-23(20-15-16-36(30,5)18-20)11-9-8-10-12-25-31(46-27)38-26-17-21(45-6)13-14-24(26)37-25/h13-14,17,20,22-23,27-30H,7-12,15-16,18-19H2,1-6H3,(H,39,44)(H,42,43)/t20-,22-,23-,27+,28+,29-,30+,36?/m1/s1. The van der Waals surface area contributed by atoms with Crippen LogP contribution in [-0.2, 0) is 20.7 Å². The van der Waals surface area contributed by atoms with Crippen LogP contribution in [0.1, 0.15) is 91.7 Å². The number of carboxylic acid groups (broad SMARTS) is 1. The van der Waals surface area contributed by atoms with Crippen molar-refractivity contribution in [3.63, 3.8) is 0 Å². The predicted octanol–water partition coefficient (Wildman–Crippen LogP) is 5.77. The number of nitrogens with zero attached hydrogens (tertiary/aromatic N) is 3. The topological polar surface area (TPSA) is 140 Å². The summed E-state index contributed by atoms with van der Waals surface area (Å²) in [5.74, 6) is -0.259. The number of methoxy groups -OCH3 is 1. The first kappa shape index (κ1) is 33.3. The molecule has 2 saturated carbocycles. The van der Waals surface area contributed by atoms with Crippen molar-refractivity contribution in [3.05, 3.63) is 23.9 Å². The van der Waals surface area contributed by atoms with Gasteiger partial charge in [0.1, 0.15) is 35.7 Å². The van der Waals surface area contributed by atoms with Gasteiger partial charge in [-0.2, -0.15) is 0 Å². The van der Waals surface area contributed by atoms with Crippen molar-refractivity contribution in [1.82, 2.24) is 20.2 Å². The highest BCUT2D eigenvalue weighted by molar-refractivity contribution is 5.90. The number of hydrogen-bond donors (Lipinski definition) is 2. The van der Waals surface area contributed by atoms with Crippen molar-refractivity contribution < 1.29 is 33.7 Å². The van der Waals surface area contributed by atoms with Gasteiger partial charge in [0.25, 0.3) is 0 Å². The highest BCUT2D eigenvalue weighted by atomic mass is 16.6. The van der Waals surface area contributed by atoms with Crippen LogP contribution in [0.3, 0.4) is 0 Å². The summed E-state index contributed by atoms with van der Waals surface area (Å²) < 4.78 is 18.3. The molecule has 6 rings (SSSR count). The molecule has 256 valence electrons. The molecule has 0 radical (unpaired) electrons. The van der Waals surface area contributed by atoms with Gasteiger partial charge in [-0.25, -0.2) is 19.6 Å². The van der Waals surface area contributed by atoms with Crippen LogP contribution in [0.25, 0.3) is 11.0 Å². The van der Waals surface area contributed by atoms with E-state index >= 15 is 0 Å². The van der Waals surface area contributed by atoms with E-state index in [0.717, 1.165) is 56.2 Å². The Balaban J connectivity index is 1.39. The van der Waals surface area contributed by atoms with E-state index in [1.54, 1.807) is 7.11 Å². The number of hydrogen-bond acceptors (Lipinski definition) is 8. The van der Waals surface area contributed by atoms with Gasteiger partial charge in [0.05, 0.1) is 24.7 Å². The SMILES string of the molecule is CC[C@@H]1[C@@H]2CN(C(=O)[C@H](C(C)(C)C)NC(=O)O[C@H]3[C@H](CCCCCc4nc5ccc(OC)cc5nc4O2)[C@@H]2CCC3(C)C2)[C@@H]1C(=O)O. The zero-order valence-corrected chi connectivity index (χ0v) is 28.6. The summed E-state index contributed by atoms with van der Waals surface area (Å²) >= 11 is 0. The van der Waals surface area contributed by atoms with Gasteiger partial charge < -0.3 is 29.5 Å². The van der Waals surface area contributed by atoms with Crippen LogP contribution in [0.15, 0.2) is 18.2 Å². The molecule has 1 unspecified atom stereocenters. The molecule has 3 heterocycles. The molecular formula is C36H50N4O7. The normalized spacial score (nSPS) is 33.2. The Morgan fingerprint density at radius 3 is 2.62 bits per heavy atom. The molecule has 1 saturated heterocycles. The number of amides is 2. The molecule has 0 spiro atoms. The van der Waals surface area contributed by atoms with Crippen LogP contribution >= 0.6 is 0 Å². The Morgan fingerprint density at radius 1 is 1.13 bits per heavy atom. The first-order valence-electron chi connectivity index (χ1n) is 17.3. The molecule has 2 aromatic rings. The minimum Gasteiger partial charge on any atom is -0.497 e. The lowest BCUT2D eigenvalue weighted by molar-refractivity contribution is -0.151. The second kappa shape index (κ2) is 12.8. The highest BCUT2D eigenvalue weighted by Gasteiger charge is 2.57. The Labute approximate surface area is 277 Å². The average molecular weight is 651 g/mol. The number of rotatable bonds is 3. The number of alkyl carbamates (subject to hydrolysis) is 1. The third kappa shape index (κ3) is 6.34. The number of carboxylic acids is 1. The van der Waals surface area contributed by atoms with Gasteiger partial charge in [-0.3, -0.25) is 4.79 Å². The summed E-state index contributed by atoms with van der Waals surface area (Å²) in [7, 11) is 1.60. The Kier molecular flexibility index (Phi) is 9.04. The maximum atomic E-state index is 14.4. The minimum absolute atomic E-state index is 0.0410. The Bertz CT molecular complexity index is 1520. The molecular weight excluding hydrogens is 600 g/mol. The fourth-order valence-electron chi connectivity index (χ4n) is 8.87. The van der Waals surface area contributed by atoms with Crippen LogP contribution in [0.5, 0.6) is 11.6 Å². The van der Waals surface area contributed by atoms with E-state index in [2.05, 4.69) is 12.2 Å². The van der Waals surface area contributed by atoms with Gasteiger partial charge in [-0.1, -0.05) is 47.5 Å². The largest absolute Gasteiger partial charge is 0.497 e. The van der Waals surface area contributed by atoms with Gasteiger partial charge in [0, 0.05) is 17.4 Å². The number of ether oxygens (including phenoxy) is 3. The smallest absolute Gasteiger partial charge is 0.408 e. The van der Waals surface area contributed by atoms with Crippen molar-refractivity contribution in [2.24, 2.45) is 28.6 Å². The zero-order valence-electron chi connectivity index (χ0n) is 28.6. The monoisotopic (exact) mass is 650 g/mol. The van der Waals surface area contributed by atoms with Crippen molar-refractivity contribution in [1.29, 1.82) is 0 Å². The number of nitrogens with one attached hydrogen (secondary N) is 1. The lowest BCUT2D eigenvalue weighted by atomic mass is 9.76. The molecule has 11 heteroatoms. The van der Waals surface area contributed by atoms with Crippen LogP contribution in [-0.4, -0.2) is 75.9 Å². The van der Waals surface area contributed by atoms with Gasteiger partial charge in [-0.15, -0.1) is 0 Å². The van der Waals surface area contributed by atoms with Gasteiger partial charge in [0.2, 0.25) is 11.8 Å². The van der Waals surface area contributed by atoms with E-state index in [1.807, 2.05) is 45.9 Å². The van der Waals surface area contributed by atoms with Crippen molar-refractivity contribution in [3.8, 4) is 11.6 Å². The van der Waals surface area contributed by atoms with Crippen LogP contribution in [0.2, 0.25) is 0 Å². The maximum Gasteiger partial charge on any atom is 0.408 e. The molecule has 2 aliphatic heterocycles. The number of fused-ring (bicyclic) bond motifs is 9. The van der Waals surface area contributed by atoms with E-state index in [-0.39, 0.29) is 24.0 Å². The molecule has 47 heavy (non-hydrogen) atoms. The van der Waals surface area contributed by atoms with Crippen molar-refractivity contribution >= 4 is 29.0 Å². The first-order valence-corrected chi connectivity index (χ1v) is 17.3. The molecule has 2 N–H and O–H groups in total. The average Bonchev–Trinajstić information content (AvgIpc) is 3.67. The van der Waals surface area contributed by atoms with E-state index in [9.17, 15) is 19.5 Å².